The fourth-order valence-electron chi connectivity index (χ4n) is 5.89. The zero-order valence-corrected chi connectivity index (χ0v) is 19.7. The highest BCUT2D eigenvalue weighted by Gasteiger charge is 2.61. The van der Waals surface area contributed by atoms with Crippen molar-refractivity contribution in [3.05, 3.63) is 101 Å². The molecule has 3 aromatic rings. The van der Waals surface area contributed by atoms with Gasteiger partial charge in [-0.25, -0.2) is 4.79 Å². The third-order valence-corrected chi connectivity index (χ3v) is 7.29. The lowest BCUT2D eigenvalue weighted by atomic mass is 9.55. The minimum Gasteiger partial charge on any atom is -0.482 e. The van der Waals surface area contributed by atoms with Gasteiger partial charge < -0.3 is 9.47 Å². The summed E-state index contributed by atoms with van der Waals surface area (Å²) < 4.78 is 10.3. The van der Waals surface area contributed by atoms with E-state index in [2.05, 4.69) is 29.4 Å². The second-order valence-electron chi connectivity index (χ2n) is 9.16. The van der Waals surface area contributed by atoms with E-state index in [9.17, 15) is 14.4 Å². The molecule has 2 amide bonds. The number of amides is 2. The van der Waals surface area contributed by atoms with E-state index in [1.807, 2.05) is 24.3 Å². The zero-order valence-electron chi connectivity index (χ0n) is 19.7. The molecule has 4 aliphatic rings. The first-order valence-corrected chi connectivity index (χ1v) is 12.1. The number of esters is 1. The maximum Gasteiger partial charge on any atom is 0.344 e. The van der Waals surface area contributed by atoms with Crippen molar-refractivity contribution in [1.29, 1.82) is 0 Å². The van der Waals surface area contributed by atoms with Gasteiger partial charge in [-0.3, -0.25) is 9.59 Å². The van der Waals surface area contributed by atoms with Gasteiger partial charge in [-0.15, -0.1) is 0 Å². The second kappa shape index (κ2) is 8.75. The van der Waals surface area contributed by atoms with Crippen LogP contribution in [0.5, 0.6) is 5.75 Å². The van der Waals surface area contributed by atoms with E-state index in [0.717, 1.165) is 27.3 Å². The third-order valence-electron chi connectivity index (χ3n) is 7.29. The average Bonchev–Trinajstić information content (AvgIpc) is 3.17. The summed E-state index contributed by atoms with van der Waals surface area (Å²) >= 11 is 0. The minimum atomic E-state index is -0.455. The van der Waals surface area contributed by atoms with E-state index < -0.39 is 17.8 Å². The summed E-state index contributed by atoms with van der Waals surface area (Å²) in [7, 11) is 0. The van der Waals surface area contributed by atoms with Gasteiger partial charge in [0.25, 0.3) is 11.8 Å². The molecule has 1 heterocycles. The van der Waals surface area contributed by atoms with Crippen LogP contribution in [0.4, 0.5) is 0 Å². The molecule has 0 spiro atoms. The van der Waals surface area contributed by atoms with Crippen LogP contribution in [0.2, 0.25) is 0 Å². The number of carbonyl (C=O) groups is 3. The molecule has 0 saturated carbocycles. The fraction of sp³-hybridized carbons (Fsp3) is 0.241. The molecule has 7 heteroatoms. The Hall–Kier alpha value is -4.26. The lowest BCUT2D eigenvalue weighted by molar-refractivity contribution is -0.145. The van der Waals surface area contributed by atoms with Crippen LogP contribution in [-0.2, 0) is 19.1 Å². The number of rotatable bonds is 6. The standard InChI is InChI=1S/C29H24N2O5/c1-2-35-23(32)16-36-18-13-11-17(12-14-18)15-30-31-28(33)26-24-19-7-3-4-8-20(19)25(27(26)29(31)34)22-10-6-5-9-21(22)24/h3-15,24-27H,2,16H2,1H3/b30-15-/t24?,25?,26-,27-/m1/s1. The zero-order chi connectivity index (χ0) is 24.8. The van der Waals surface area contributed by atoms with Gasteiger partial charge in [0.15, 0.2) is 6.61 Å². The maximum absolute atomic E-state index is 13.6. The number of carbonyl (C=O) groups excluding carboxylic acids is 3. The van der Waals surface area contributed by atoms with Crippen molar-refractivity contribution >= 4 is 24.0 Å². The predicted molar refractivity (Wildman–Crippen MR) is 132 cm³/mol. The lowest BCUT2D eigenvalue weighted by Gasteiger charge is -2.45. The summed E-state index contributed by atoms with van der Waals surface area (Å²) in [6, 6.07) is 23.2. The molecule has 7 nitrogen and oxygen atoms in total. The number of hydrogen-bond donors (Lipinski definition) is 0. The van der Waals surface area contributed by atoms with Crippen molar-refractivity contribution in [2.24, 2.45) is 16.9 Å². The first-order chi connectivity index (χ1) is 17.6. The van der Waals surface area contributed by atoms with Crippen LogP contribution in [0.3, 0.4) is 0 Å². The number of benzene rings is 3. The van der Waals surface area contributed by atoms with E-state index in [1.165, 1.54) is 6.21 Å². The Morgan fingerprint density at radius 3 is 1.81 bits per heavy atom. The molecule has 0 aromatic heterocycles. The van der Waals surface area contributed by atoms with Crippen LogP contribution in [0.25, 0.3) is 0 Å². The molecule has 3 aromatic carbocycles. The Labute approximate surface area is 208 Å². The van der Waals surface area contributed by atoms with Gasteiger partial charge >= 0.3 is 5.97 Å². The molecule has 0 unspecified atom stereocenters. The lowest BCUT2D eigenvalue weighted by Crippen LogP contribution is -2.41. The van der Waals surface area contributed by atoms with Gasteiger partial charge in [0.1, 0.15) is 5.75 Å². The second-order valence-corrected chi connectivity index (χ2v) is 9.16. The van der Waals surface area contributed by atoms with Crippen molar-refractivity contribution in [1.82, 2.24) is 5.01 Å². The minimum absolute atomic E-state index is 0.153. The molecule has 0 N–H and O–H groups in total. The average molecular weight is 481 g/mol. The van der Waals surface area contributed by atoms with Gasteiger partial charge in [-0.05, 0) is 59.0 Å². The monoisotopic (exact) mass is 480 g/mol. The molecular weight excluding hydrogens is 456 g/mol. The Morgan fingerprint density at radius 1 is 0.833 bits per heavy atom. The molecule has 2 bridgehead atoms. The molecule has 2 atom stereocenters. The van der Waals surface area contributed by atoms with Crippen molar-refractivity contribution in [3.63, 3.8) is 0 Å². The van der Waals surface area contributed by atoms with Crippen LogP contribution in [0.15, 0.2) is 77.9 Å². The van der Waals surface area contributed by atoms with Crippen molar-refractivity contribution in [3.8, 4) is 5.75 Å². The summed E-state index contributed by atoms with van der Waals surface area (Å²) in [6.45, 7) is 1.86. The highest BCUT2D eigenvalue weighted by Crippen LogP contribution is 2.60. The van der Waals surface area contributed by atoms with E-state index >= 15 is 0 Å². The van der Waals surface area contributed by atoms with Gasteiger partial charge in [-0.2, -0.15) is 10.1 Å². The van der Waals surface area contributed by atoms with E-state index in [4.69, 9.17) is 9.47 Å². The van der Waals surface area contributed by atoms with Crippen LogP contribution < -0.4 is 4.74 Å². The fourth-order valence-corrected chi connectivity index (χ4v) is 5.89. The maximum atomic E-state index is 13.6. The highest BCUT2D eigenvalue weighted by atomic mass is 16.6. The molecule has 36 heavy (non-hydrogen) atoms. The van der Waals surface area contributed by atoms with Crippen LogP contribution >= 0.6 is 0 Å². The predicted octanol–water partition coefficient (Wildman–Crippen LogP) is 3.85. The first kappa shape index (κ1) is 22.2. The van der Waals surface area contributed by atoms with Crippen molar-refractivity contribution < 1.29 is 23.9 Å². The summed E-state index contributed by atoms with van der Waals surface area (Å²) in [6.07, 6.45) is 1.50. The molecular formula is C29H24N2O5. The Morgan fingerprint density at radius 2 is 1.33 bits per heavy atom. The number of nitrogens with zero attached hydrogens (tertiary/aromatic N) is 2. The SMILES string of the molecule is CCOC(=O)COc1ccc(/C=N\N2C(=O)[C@@H]3C4c5ccccc5C(c5ccccc54)[C@H]3C2=O)cc1. The van der Waals surface area contributed by atoms with E-state index in [1.54, 1.807) is 31.2 Å². The Kier molecular flexibility index (Phi) is 5.40. The van der Waals surface area contributed by atoms with Gasteiger partial charge in [0.2, 0.25) is 0 Å². The molecule has 0 radical (unpaired) electrons. The van der Waals surface area contributed by atoms with Gasteiger partial charge in [-0.1, -0.05) is 48.5 Å². The largest absolute Gasteiger partial charge is 0.482 e. The number of imide groups is 1. The molecule has 1 fully saturated rings. The molecule has 3 aliphatic carbocycles. The van der Waals surface area contributed by atoms with E-state index in [-0.39, 0.29) is 30.3 Å². The smallest absolute Gasteiger partial charge is 0.344 e. The molecule has 1 saturated heterocycles. The summed E-state index contributed by atoms with van der Waals surface area (Å²) in [5, 5.41) is 5.38. The van der Waals surface area contributed by atoms with E-state index in [0.29, 0.717) is 17.9 Å². The first-order valence-electron chi connectivity index (χ1n) is 12.1. The summed E-state index contributed by atoms with van der Waals surface area (Å²) in [5.74, 6) is -1.66. The van der Waals surface area contributed by atoms with Crippen molar-refractivity contribution in [2.75, 3.05) is 13.2 Å². The Balaban J connectivity index is 1.25. The number of hydrogen-bond acceptors (Lipinski definition) is 6. The molecule has 1 aliphatic heterocycles. The van der Waals surface area contributed by atoms with Gasteiger partial charge in [0, 0.05) is 11.8 Å². The number of ether oxygens (including phenoxy) is 2. The highest BCUT2D eigenvalue weighted by molar-refractivity contribution is 6.08. The third kappa shape index (κ3) is 3.42. The topological polar surface area (TPSA) is 85.3 Å². The summed E-state index contributed by atoms with van der Waals surface area (Å²) in [5.41, 5.74) is 5.23. The normalized spacial score (nSPS) is 23.4. The van der Waals surface area contributed by atoms with Crippen molar-refractivity contribution in [2.45, 2.75) is 18.8 Å². The quantitative estimate of drug-likeness (QED) is 0.304. The molecule has 180 valence electrons. The van der Waals surface area contributed by atoms with Crippen LogP contribution in [-0.4, -0.2) is 42.2 Å². The Bertz CT molecular complexity index is 1280. The van der Waals surface area contributed by atoms with Gasteiger partial charge in [0.05, 0.1) is 24.7 Å². The van der Waals surface area contributed by atoms with Crippen LogP contribution in [0, 0.1) is 11.8 Å². The number of hydrazone groups is 1. The molecule has 7 rings (SSSR count). The van der Waals surface area contributed by atoms with Crippen LogP contribution in [0.1, 0.15) is 46.6 Å². The summed E-state index contributed by atoms with van der Waals surface area (Å²) in [4.78, 5) is 38.6.